The summed E-state index contributed by atoms with van der Waals surface area (Å²) in [6.45, 7) is 0. The van der Waals surface area contributed by atoms with E-state index in [1.165, 1.54) is 19.2 Å². The molecule has 0 saturated heterocycles. The first-order chi connectivity index (χ1) is 8.97. The van der Waals surface area contributed by atoms with Crippen LogP contribution in [0.5, 0.6) is 5.75 Å². The SMILES string of the molecule is COc1ccc(-c2onc(C(=O)O)c2Cl)c(F)c1Cl. The number of aromatic carboxylic acids is 1. The van der Waals surface area contributed by atoms with E-state index in [-0.39, 0.29) is 27.1 Å². The molecule has 0 aliphatic rings. The van der Waals surface area contributed by atoms with E-state index in [1.807, 2.05) is 0 Å². The summed E-state index contributed by atoms with van der Waals surface area (Å²) in [6.07, 6.45) is 0. The second-order valence-corrected chi connectivity index (χ2v) is 4.18. The fraction of sp³-hybridized carbons (Fsp3) is 0.0909. The maximum atomic E-state index is 14.0. The van der Waals surface area contributed by atoms with E-state index in [9.17, 15) is 9.18 Å². The molecule has 5 nitrogen and oxygen atoms in total. The lowest BCUT2D eigenvalue weighted by molar-refractivity contribution is 0.0686. The van der Waals surface area contributed by atoms with Crippen LogP contribution in [0.4, 0.5) is 4.39 Å². The van der Waals surface area contributed by atoms with Crippen LogP contribution in [-0.2, 0) is 0 Å². The number of carbonyl (C=O) groups is 1. The number of halogens is 3. The number of carboxylic acids is 1. The molecule has 0 bridgehead atoms. The molecule has 0 radical (unpaired) electrons. The van der Waals surface area contributed by atoms with E-state index in [0.717, 1.165) is 0 Å². The van der Waals surface area contributed by atoms with Crippen LogP contribution >= 0.6 is 23.2 Å². The van der Waals surface area contributed by atoms with Crippen molar-refractivity contribution in [2.45, 2.75) is 0 Å². The van der Waals surface area contributed by atoms with Crippen molar-refractivity contribution in [1.82, 2.24) is 5.16 Å². The fourth-order valence-electron chi connectivity index (χ4n) is 1.44. The van der Waals surface area contributed by atoms with Crippen molar-refractivity contribution in [2.75, 3.05) is 7.11 Å². The summed E-state index contributed by atoms with van der Waals surface area (Å²) in [5.41, 5.74) is -0.598. The number of benzene rings is 1. The summed E-state index contributed by atoms with van der Waals surface area (Å²) in [7, 11) is 1.34. The van der Waals surface area contributed by atoms with Gasteiger partial charge in [0.1, 0.15) is 15.8 Å². The molecule has 19 heavy (non-hydrogen) atoms. The first-order valence-electron chi connectivity index (χ1n) is 4.88. The summed E-state index contributed by atoms with van der Waals surface area (Å²) >= 11 is 11.5. The number of carboxylic acid groups (broad SMARTS) is 1. The number of methoxy groups -OCH3 is 1. The molecule has 0 amide bonds. The molecule has 2 rings (SSSR count). The van der Waals surface area contributed by atoms with Gasteiger partial charge in [-0.15, -0.1) is 0 Å². The van der Waals surface area contributed by atoms with Crippen LogP contribution in [0.25, 0.3) is 11.3 Å². The maximum Gasteiger partial charge on any atom is 0.359 e. The van der Waals surface area contributed by atoms with Gasteiger partial charge < -0.3 is 14.4 Å². The number of rotatable bonds is 3. The Morgan fingerprint density at radius 1 is 1.42 bits per heavy atom. The van der Waals surface area contributed by atoms with E-state index in [2.05, 4.69) is 5.16 Å². The van der Waals surface area contributed by atoms with Gasteiger partial charge in [-0.1, -0.05) is 28.4 Å². The minimum Gasteiger partial charge on any atom is -0.495 e. The Labute approximate surface area is 116 Å². The molecule has 2 aromatic rings. The van der Waals surface area contributed by atoms with Gasteiger partial charge in [-0.3, -0.25) is 0 Å². The normalized spacial score (nSPS) is 10.5. The van der Waals surface area contributed by atoms with E-state index < -0.39 is 17.5 Å². The van der Waals surface area contributed by atoms with Crippen molar-refractivity contribution in [3.8, 4) is 17.1 Å². The molecular weight excluding hydrogens is 300 g/mol. The lowest BCUT2D eigenvalue weighted by Crippen LogP contribution is -1.96. The van der Waals surface area contributed by atoms with Gasteiger partial charge in [0.2, 0.25) is 5.69 Å². The third-order valence-electron chi connectivity index (χ3n) is 2.35. The fourth-order valence-corrected chi connectivity index (χ4v) is 1.94. The van der Waals surface area contributed by atoms with Crippen molar-refractivity contribution >= 4 is 29.2 Å². The molecule has 0 spiro atoms. The molecule has 0 unspecified atom stereocenters. The van der Waals surface area contributed by atoms with Crippen LogP contribution in [-0.4, -0.2) is 23.3 Å². The lowest BCUT2D eigenvalue weighted by atomic mass is 10.1. The molecule has 0 fully saturated rings. The second kappa shape index (κ2) is 5.07. The Bertz CT molecular complexity index is 656. The van der Waals surface area contributed by atoms with Crippen LogP contribution in [0, 0.1) is 5.82 Å². The number of nitrogens with zero attached hydrogens (tertiary/aromatic N) is 1. The summed E-state index contributed by atoms with van der Waals surface area (Å²) in [5.74, 6) is -2.28. The first-order valence-corrected chi connectivity index (χ1v) is 5.63. The van der Waals surface area contributed by atoms with E-state index >= 15 is 0 Å². The highest BCUT2D eigenvalue weighted by atomic mass is 35.5. The molecule has 8 heteroatoms. The second-order valence-electron chi connectivity index (χ2n) is 3.42. The Hall–Kier alpha value is -1.79. The Balaban J connectivity index is 2.60. The molecule has 0 aliphatic heterocycles. The van der Waals surface area contributed by atoms with Gasteiger partial charge >= 0.3 is 5.97 Å². The predicted molar refractivity (Wildman–Crippen MR) is 65.4 cm³/mol. The highest BCUT2D eigenvalue weighted by Gasteiger charge is 2.24. The third kappa shape index (κ3) is 2.24. The van der Waals surface area contributed by atoms with Crippen LogP contribution < -0.4 is 4.74 Å². The predicted octanol–water partition coefficient (Wildman–Crippen LogP) is 3.49. The Morgan fingerprint density at radius 2 is 2.11 bits per heavy atom. The van der Waals surface area contributed by atoms with E-state index in [0.29, 0.717) is 0 Å². The van der Waals surface area contributed by atoms with Crippen molar-refractivity contribution in [3.05, 3.63) is 33.7 Å². The lowest BCUT2D eigenvalue weighted by Gasteiger charge is -2.06. The van der Waals surface area contributed by atoms with Gasteiger partial charge in [0.25, 0.3) is 0 Å². The number of hydrogen-bond acceptors (Lipinski definition) is 4. The molecule has 1 N–H and O–H groups in total. The summed E-state index contributed by atoms with van der Waals surface area (Å²) in [5, 5.41) is 11.5. The maximum absolute atomic E-state index is 14.0. The van der Waals surface area contributed by atoms with Crippen molar-refractivity contribution in [3.63, 3.8) is 0 Å². The van der Waals surface area contributed by atoms with Crippen molar-refractivity contribution in [2.24, 2.45) is 0 Å². The quantitative estimate of drug-likeness (QED) is 0.939. The standard InChI is InChI=1S/C11H6Cl2FNO4/c1-18-5-3-2-4(8(14)6(5)12)10-7(13)9(11(16)17)15-19-10/h2-3H,1H3,(H,16,17). The van der Waals surface area contributed by atoms with Crippen molar-refractivity contribution in [1.29, 1.82) is 0 Å². The summed E-state index contributed by atoms with van der Waals surface area (Å²) in [6, 6.07) is 2.71. The van der Waals surface area contributed by atoms with Gasteiger partial charge in [-0.2, -0.15) is 0 Å². The largest absolute Gasteiger partial charge is 0.495 e. The molecule has 0 atom stereocenters. The number of ether oxygens (including phenoxy) is 1. The summed E-state index contributed by atoms with van der Waals surface area (Å²) in [4.78, 5) is 10.8. The molecule has 1 aromatic heterocycles. The van der Waals surface area contributed by atoms with Crippen LogP contribution in [0.1, 0.15) is 10.5 Å². The van der Waals surface area contributed by atoms with Gasteiger partial charge in [0, 0.05) is 0 Å². The highest BCUT2D eigenvalue weighted by molar-refractivity contribution is 6.36. The van der Waals surface area contributed by atoms with E-state index in [4.69, 9.17) is 37.6 Å². The Kier molecular flexibility index (Phi) is 3.64. The molecule has 0 saturated carbocycles. The van der Waals surface area contributed by atoms with E-state index in [1.54, 1.807) is 0 Å². The molecule has 1 aromatic carbocycles. The highest BCUT2D eigenvalue weighted by Crippen LogP contribution is 2.38. The zero-order chi connectivity index (χ0) is 14.2. The zero-order valence-corrected chi connectivity index (χ0v) is 10.9. The molecular formula is C11H6Cl2FNO4. The van der Waals surface area contributed by atoms with Crippen LogP contribution in [0.2, 0.25) is 10.0 Å². The minimum absolute atomic E-state index is 0.101. The van der Waals surface area contributed by atoms with Crippen molar-refractivity contribution < 1.29 is 23.6 Å². The smallest absolute Gasteiger partial charge is 0.359 e. The molecule has 1 heterocycles. The average molecular weight is 306 g/mol. The first kappa shape index (κ1) is 13.6. The Morgan fingerprint density at radius 3 is 2.63 bits per heavy atom. The number of aromatic nitrogens is 1. The van der Waals surface area contributed by atoms with Gasteiger partial charge in [-0.05, 0) is 12.1 Å². The number of hydrogen-bond donors (Lipinski definition) is 1. The topological polar surface area (TPSA) is 72.6 Å². The van der Waals surface area contributed by atoms with Gasteiger partial charge in [0.15, 0.2) is 11.6 Å². The molecule has 100 valence electrons. The molecule has 0 aliphatic carbocycles. The average Bonchev–Trinajstić information content (AvgIpc) is 2.75. The summed E-state index contributed by atoms with van der Waals surface area (Å²) < 4.78 is 23.6. The van der Waals surface area contributed by atoms with Crippen LogP contribution in [0.3, 0.4) is 0 Å². The third-order valence-corrected chi connectivity index (χ3v) is 3.05. The monoisotopic (exact) mass is 305 g/mol. The van der Waals surface area contributed by atoms with Gasteiger partial charge in [-0.25, -0.2) is 9.18 Å². The van der Waals surface area contributed by atoms with Crippen LogP contribution in [0.15, 0.2) is 16.7 Å². The van der Waals surface area contributed by atoms with Gasteiger partial charge in [0.05, 0.1) is 12.7 Å². The zero-order valence-electron chi connectivity index (χ0n) is 9.41. The minimum atomic E-state index is -1.37.